The molecule has 1 N–H and O–H groups in total. The van der Waals surface area contributed by atoms with Gasteiger partial charge in [0.2, 0.25) is 11.8 Å². The maximum atomic E-state index is 12.5. The van der Waals surface area contributed by atoms with Crippen LogP contribution in [-0.2, 0) is 9.59 Å². The average molecular weight is 314 g/mol. The van der Waals surface area contributed by atoms with Gasteiger partial charge in [0.05, 0.1) is 5.92 Å². The molecule has 1 heterocycles. The van der Waals surface area contributed by atoms with Gasteiger partial charge >= 0.3 is 0 Å². The van der Waals surface area contributed by atoms with Crippen molar-refractivity contribution >= 4 is 17.5 Å². The van der Waals surface area contributed by atoms with Crippen LogP contribution in [0.15, 0.2) is 18.2 Å². The molecule has 0 bridgehead atoms. The normalized spacial score (nSPS) is 22.4. The van der Waals surface area contributed by atoms with Crippen LogP contribution in [-0.4, -0.2) is 24.4 Å². The molecule has 2 amide bonds. The van der Waals surface area contributed by atoms with E-state index >= 15 is 0 Å². The molecule has 1 aromatic carbocycles. The smallest absolute Gasteiger partial charge is 0.227 e. The third-order valence-electron chi connectivity index (χ3n) is 5.25. The minimum Gasteiger partial charge on any atom is -0.353 e. The summed E-state index contributed by atoms with van der Waals surface area (Å²) in [6.07, 6.45) is 6.15. The summed E-state index contributed by atoms with van der Waals surface area (Å²) in [5.74, 6) is -0.111. The first-order valence-corrected chi connectivity index (χ1v) is 8.72. The van der Waals surface area contributed by atoms with Crippen LogP contribution in [0.1, 0.15) is 49.7 Å². The number of aryl methyl sites for hydroxylation is 2. The van der Waals surface area contributed by atoms with Crippen LogP contribution in [0, 0.1) is 19.8 Å². The van der Waals surface area contributed by atoms with Gasteiger partial charge in [-0.1, -0.05) is 25.3 Å². The van der Waals surface area contributed by atoms with E-state index in [2.05, 4.69) is 12.2 Å². The lowest BCUT2D eigenvalue weighted by Crippen LogP contribution is -2.40. The van der Waals surface area contributed by atoms with Crippen LogP contribution in [0.25, 0.3) is 0 Å². The van der Waals surface area contributed by atoms with Crippen molar-refractivity contribution in [1.82, 2.24) is 5.32 Å². The first-order valence-electron chi connectivity index (χ1n) is 8.72. The van der Waals surface area contributed by atoms with Crippen LogP contribution < -0.4 is 10.2 Å². The van der Waals surface area contributed by atoms with Gasteiger partial charge in [0.1, 0.15) is 0 Å². The zero-order chi connectivity index (χ0) is 16.4. The van der Waals surface area contributed by atoms with Crippen LogP contribution in [0.3, 0.4) is 0 Å². The molecule has 2 fully saturated rings. The topological polar surface area (TPSA) is 49.4 Å². The molecule has 2 aliphatic rings. The molecule has 1 atom stereocenters. The van der Waals surface area contributed by atoms with Gasteiger partial charge < -0.3 is 10.2 Å². The van der Waals surface area contributed by atoms with Crippen molar-refractivity contribution in [3.63, 3.8) is 0 Å². The summed E-state index contributed by atoms with van der Waals surface area (Å²) in [6, 6.07) is 6.35. The number of benzene rings is 1. The number of anilines is 1. The maximum Gasteiger partial charge on any atom is 0.227 e. The number of carbonyl (C=O) groups is 2. The zero-order valence-electron chi connectivity index (χ0n) is 14.1. The molecule has 1 aliphatic carbocycles. The monoisotopic (exact) mass is 314 g/mol. The Balaban J connectivity index is 1.64. The molecule has 0 spiro atoms. The van der Waals surface area contributed by atoms with Crippen LogP contribution in [0.5, 0.6) is 0 Å². The highest BCUT2D eigenvalue weighted by atomic mass is 16.2. The van der Waals surface area contributed by atoms with Crippen LogP contribution in [0.4, 0.5) is 5.69 Å². The molecule has 124 valence electrons. The molecular weight excluding hydrogens is 288 g/mol. The Morgan fingerprint density at radius 1 is 1.13 bits per heavy atom. The molecule has 1 saturated heterocycles. The van der Waals surface area contributed by atoms with Crippen molar-refractivity contribution in [2.24, 2.45) is 5.92 Å². The summed E-state index contributed by atoms with van der Waals surface area (Å²) >= 11 is 0. The van der Waals surface area contributed by atoms with Crippen LogP contribution >= 0.6 is 0 Å². The van der Waals surface area contributed by atoms with E-state index < -0.39 is 0 Å². The fourth-order valence-corrected chi connectivity index (χ4v) is 3.59. The minimum absolute atomic E-state index is 0.0524. The van der Waals surface area contributed by atoms with Crippen molar-refractivity contribution in [1.29, 1.82) is 0 Å². The SMILES string of the molecule is Cc1ccc(N2C[C@H](C(=O)NC3CCCCC3)CC2=O)cc1C. The zero-order valence-corrected chi connectivity index (χ0v) is 14.1. The highest BCUT2D eigenvalue weighted by Crippen LogP contribution is 2.27. The molecule has 1 aliphatic heterocycles. The number of nitrogens with zero attached hydrogens (tertiary/aromatic N) is 1. The van der Waals surface area contributed by atoms with Gasteiger partial charge in [0.25, 0.3) is 0 Å². The maximum absolute atomic E-state index is 12.5. The Morgan fingerprint density at radius 3 is 2.57 bits per heavy atom. The summed E-state index contributed by atoms with van der Waals surface area (Å²) in [5, 5.41) is 3.16. The quantitative estimate of drug-likeness (QED) is 0.932. The highest BCUT2D eigenvalue weighted by Gasteiger charge is 2.35. The van der Waals surface area contributed by atoms with Gasteiger partial charge in [-0.2, -0.15) is 0 Å². The summed E-state index contributed by atoms with van der Waals surface area (Å²) < 4.78 is 0. The molecule has 4 heteroatoms. The first kappa shape index (κ1) is 16.0. The number of carbonyl (C=O) groups excluding carboxylic acids is 2. The molecule has 4 nitrogen and oxygen atoms in total. The van der Waals surface area contributed by atoms with Gasteiger partial charge in [0, 0.05) is 24.7 Å². The number of nitrogens with one attached hydrogen (secondary N) is 1. The largest absolute Gasteiger partial charge is 0.353 e. The molecule has 0 radical (unpaired) electrons. The molecule has 23 heavy (non-hydrogen) atoms. The fourth-order valence-electron chi connectivity index (χ4n) is 3.59. The predicted octanol–water partition coefficient (Wildman–Crippen LogP) is 3.11. The van der Waals surface area contributed by atoms with Gasteiger partial charge in [0.15, 0.2) is 0 Å². The van der Waals surface area contributed by atoms with E-state index in [0.29, 0.717) is 19.0 Å². The second kappa shape index (κ2) is 6.73. The first-order chi connectivity index (χ1) is 11.0. The molecule has 1 saturated carbocycles. The molecular formula is C19H26N2O2. The van der Waals surface area contributed by atoms with E-state index in [1.807, 2.05) is 25.1 Å². The van der Waals surface area contributed by atoms with E-state index in [1.165, 1.54) is 30.4 Å². The Bertz CT molecular complexity index is 605. The number of rotatable bonds is 3. The Morgan fingerprint density at radius 2 is 1.87 bits per heavy atom. The second-order valence-corrected chi connectivity index (χ2v) is 7.02. The second-order valence-electron chi connectivity index (χ2n) is 7.02. The van der Waals surface area contributed by atoms with Gasteiger partial charge in [-0.3, -0.25) is 9.59 Å². The lowest BCUT2D eigenvalue weighted by molar-refractivity contribution is -0.127. The highest BCUT2D eigenvalue weighted by molar-refractivity contribution is 6.00. The Labute approximate surface area is 138 Å². The van der Waals surface area contributed by atoms with Crippen molar-refractivity contribution in [2.45, 2.75) is 58.4 Å². The minimum atomic E-state index is -0.217. The molecule has 0 unspecified atom stereocenters. The standard InChI is InChI=1S/C19H26N2O2/c1-13-8-9-17(10-14(13)2)21-12-15(11-18(21)22)19(23)20-16-6-4-3-5-7-16/h8-10,15-16H,3-7,11-12H2,1-2H3,(H,20,23)/t15-/m1/s1. The lowest BCUT2D eigenvalue weighted by Gasteiger charge is -2.24. The van der Waals surface area contributed by atoms with Crippen molar-refractivity contribution in [3.8, 4) is 0 Å². The number of hydrogen-bond acceptors (Lipinski definition) is 2. The van der Waals surface area contributed by atoms with Crippen LogP contribution in [0.2, 0.25) is 0 Å². The predicted molar refractivity (Wildman–Crippen MR) is 91.4 cm³/mol. The van der Waals surface area contributed by atoms with Crippen molar-refractivity contribution in [2.75, 3.05) is 11.4 Å². The molecule has 1 aromatic rings. The summed E-state index contributed by atoms with van der Waals surface area (Å²) in [5.41, 5.74) is 3.29. The van der Waals surface area contributed by atoms with Gasteiger partial charge in [-0.05, 0) is 49.9 Å². The van der Waals surface area contributed by atoms with E-state index in [0.717, 1.165) is 18.5 Å². The Hall–Kier alpha value is -1.84. The molecule has 3 rings (SSSR count). The number of hydrogen-bond donors (Lipinski definition) is 1. The van der Waals surface area contributed by atoms with Crippen molar-refractivity contribution < 1.29 is 9.59 Å². The van der Waals surface area contributed by atoms with E-state index in [9.17, 15) is 9.59 Å². The fraction of sp³-hybridized carbons (Fsp3) is 0.579. The van der Waals surface area contributed by atoms with Crippen molar-refractivity contribution in [3.05, 3.63) is 29.3 Å². The summed E-state index contributed by atoms with van der Waals surface area (Å²) in [7, 11) is 0. The third-order valence-corrected chi connectivity index (χ3v) is 5.25. The average Bonchev–Trinajstić information content (AvgIpc) is 2.93. The number of amides is 2. The lowest BCUT2D eigenvalue weighted by atomic mass is 9.95. The summed E-state index contributed by atoms with van der Waals surface area (Å²) in [6.45, 7) is 4.61. The van der Waals surface area contributed by atoms with E-state index in [-0.39, 0.29) is 17.7 Å². The van der Waals surface area contributed by atoms with Gasteiger partial charge in [-0.25, -0.2) is 0 Å². The van der Waals surface area contributed by atoms with E-state index in [1.54, 1.807) is 4.90 Å². The van der Waals surface area contributed by atoms with E-state index in [4.69, 9.17) is 0 Å². The summed E-state index contributed by atoms with van der Waals surface area (Å²) in [4.78, 5) is 26.6. The third kappa shape index (κ3) is 3.57. The Kier molecular flexibility index (Phi) is 4.69. The molecule has 0 aromatic heterocycles. The van der Waals surface area contributed by atoms with Gasteiger partial charge in [-0.15, -0.1) is 0 Å².